The summed E-state index contributed by atoms with van der Waals surface area (Å²) >= 11 is 0. The molecular weight excluding hydrogens is 330 g/mol. The van der Waals surface area contributed by atoms with Crippen LogP contribution in [0.1, 0.15) is 25.2 Å². The molecule has 0 spiro atoms. The lowest BCUT2D eigenvalue weighted by Gasteiger charge is -2.37. The number of hydrogen-bond donors (Lipinski definition) is 0. The van der Waals surface area contributed by atoms with E-state index in [1.54, 1.807) is 13.1 Å². The van der Waals surface area contributed by atoms with Gasteiger partial charge in [-0.1, -0.05) is 17.3 Å². The van der Waals surface area contributed by atoms with E-state index >= 15 is 0 Å². The third-order valence-electron chi connectivity index (χ3n) is 5.07. The molecular formula is C19H23N5O2. The van der Waals surface area contributed by atoms with Gasteiger partial charge in [-0.3, -0.25) is 4.79 Å². The van der Waals surface area contributed by atoms with E-state index < -0.39 is 0 Å². The zero-order chi connectivity index (χ0) is 17.9. The number of pyridine rings is 1. The molecule has 2 aromatic rings. The van der Waals surface area contributed by atoms with Gasteiger partial charge in [0.2, 0.25) is 17.6 Å². The van der Waals surface area contributed by atoms with Crippen LogP contribution in [0, 0.1) is 12.8 Å². The predicted molar refractivity (Wildman–Crippen MR) is 97.5 cm³/mol. The summed E-state index contributed by atoms with van der Waals surface area (Å²) in [7, 11) is 0. The second-order valence-corrected chi connectivity index (χ2v) is 6.84. The smallest absolute Gasteiger partial charge is 0.226 e. The van der Waals surface area contributed by atoms with Gasteiger partial charge in [0.1, 0.15) is 5.82 Å². The number of allylic oxidation sites excluding steroid dienone is 2. The van der Waals surface area contributed by atoms with E-state index in [0.29, 0.717) is 17.6 Å². The minimum Gasteiger partial charge on any atom is -0.353 e. The van der Waals surface area contributed by atoms with Crippen molar-refractivity contribution in [3.63, 3.8) is 0 Å². The highest BCUT2D eigenvalue weighted by molar-refractivity contribution is 5.79. The summed E-state index contributed by atoms with van der Waals surface area (Å²) in [6.07, 6.45) is 8.97. The fourth-order valence-corrected chi connectivity index (χ4v) is 3.55. The first-order valence-electron chi connectivity index (χ1n) is 9.16. The molecule has 1 unspecified atom stereocenters. The lowest BCUT2D eigenvalue weighted by Crippen LogP contribution is -2.50. The van der Waals surface area contributed by atoms with Crippen molar-refractivity contribution in [2.45, 2.75) is 26.2 Å². The van der Waals surface area contributed by atoms with Gasteiger partial charge in [-0.2, -0.15) is 4.98 Å². The Bertz CT molecular complexity index is 791. The molecule has 7 nitrogen and oxygen atoms in total. The second kappa shape index (κ2) is 7.27. The van der Waals surface area contributed by atoms with E-state index in [1.165, 1.54) is 0 Å². The van der Waals surface area contributed by atoms with Crippen molar-refractivity contribution >= 4 is 11.7 Å². The maximum atomic E-state index is 12.6. The molecule has 0 bridgehead atoms. The van der Waals surface area contributed by atoms with Gasteiger partial charge in [-0.05, 0) is 31.4 Å². The van der Waals surface area contributed by atoms with Gasteiger partial charge >= 0.3 is 0 Å². The van der Waals surface area contributed by atoms with E-state index in [2.05, 4.69) is 32.2 Å². The van der Waals surface area contributed by atoms with Crippen molar-refractivity contribution in [2.75, 3.05) is 31.1 Å². The van der Waals surface area contributed by atoms with Gasteiger partial charge in [0, 0.05) is 50.8 Å². The second-order valence-electron chi connectivity index (χ2n) is 6.84. The molecule has 1 saturated heterocycles. The summed E-state index contributed by atoms with van der Waals surface area (Å²) in [4.78, 5) is 25.6. The van der Waals surface area contributed by atoms with Crippen LogP contribution in [0.2, 0.25) is 0 Å². The van der Waals surface area contributed by atoms with Gasteiger partial charge in [-0.15, -0.1) is 0 Å². The molecule has 1 amide bonds. The summed E-state index contributed by atoms with van der Waals surface area (Å²) in [6, 6.07) is 3.93. The summed E-state index contributed by atoms with van der Waals surface area (Å²) in [6.45, 7) is 4.89. The van der Waals surface area contributed by atoms with Gasteiger partial charge in [0.05, 0.1) is 0 Å². The molecule has 2 aliphatic rings. The van der Waals surface area contributed by atoms with Gasteiger partial charge < -0.3 is 14.3 Å². The van der Waals surface area contributed by atoms with Crippen LogP contribution in [-0.4, -0.2) is 52.1 Å². The molecule has 26 heavy (non-hydrogen) atoms. The van der Waals surface area contributed by atoms with Crippen molar-refractivity contribution in [1.82, 2.24) is 20.0 Å². The summed E-state index contributed by atoms with van der Waals surface area (Å²) < 4.78 is 5.01. The molecule has 0 radical (unpaired) electrons. The summed E-state index contributed by atoms with van der Waals surface area (Å²) in [5.74, 6) is 2.49. The quantitative estimate of drug-likeness (QED) is 0.789. The number of aryl methyl sites for hydroxylation is 1. The maximum Gasteiger partial charge on any atom is 0.226 e. The highest BCUT2D eigenvalue weighted by atomic mass is 16.5. The number of amides is 1. The Morgan fingerprint density at radius 3 is 2.65 bits per heavy atom. The van der Waals surface area contributed by atoms with Crippen molar-refractivity contribution in [2.24, 2.45) is 5.92 Å². The highest BCUT2D eigenvalue weighted by Gasteiger charge is 2.27. The lowest BCUT2D eigenvalue weighted by atomic mass is 9.93. The minimum absolute atomic E-state index is 0.169. The largest absolute Gasteiger partial charge is 0.353 e. The number of carbonyl (C=O) groups is 1. The van der Waals surface area contributed by atoms with Crippen LogP contribution in [0.5, 0.6) is 0 Å². The molecule has 0 N–H and O–H groups in total. The molecule has 1 atom stereocenters. The zero-order valence-electron chi connectivity index (χ0n) is 15.0. The van der Waals surface area contributed by atoms with E-state index in [4.69, 9.17) is 4.52 Å². The number of nitrogens with zero attached hydrogens (tertiary/aromatic N) is 5. The van der Waals surface area contributed by atoms with E-state index in [0.717, 1.165) is 56.8 Å². The van der Waals surface area contributed by atoms with Gasteiger partial charge in [-0.25, -0.2) is 4.98 Å². The SMILES string of the molecule is Cc1nc(-c2ccc(N3CCN(C(=O)C4CC=CCC4)CC3)nc2)no1. The molecule has 1 fully saturated rings. The highest BCUT2D eigenvalue weighted by Crippen LogP contribution is 2.23. The number of hydrogen-bond acceptors (Lipinski definition) is 6. The molecule has 0 saturated carbocycles. The van der Waals surface area contributed by atoms with Crippen molar-refractivity contribution in [3.8, 4) is 11.4 Å². The molecule has 3 heterocycles. The van der Waals surface area contributed by atoms with Crippen LogP contribution >= 0.6 is 0 Å². The monoisotopic (exact) mass is 353 g/mol. The van der Waals surface area contributed by atoms with Crippen LogP contribution in [0.15, 0.2) is 35.0 Å². The Balaban J connectivity index is 1.35. The average Bonchev–Trinajstić information content (AvgIpc) is 3.15. The zero-order valence-corrected chi connectivity index (χ0v) is 15.0. The molecule has 0 aromatic carbocycles. The Morgan fingerprint density at radius 1 is 1.19 bits per heavy atom. The number of aromatic nitrogens is 3. The molecule has 1 aliphatic carbocycles. The summed E-state index contributed by atoms with van der Waals surface area (Å²) in [5.41, 5.74) is 0.838. The number of rotatable bonds is 3. The molecule has 4 rings (SSSR count). The third-order valence-corrected chi connectivity index (χ3v) is 5.07. The first-order valence-corrected chi connectivity index (χ1v) is 9.16. The summed E-state index contributed by atoms with van der Waals surface area (Å²) in [5, 5.41) is 3.91. The van der Waals surface area contributed by atoms with E-state index in [1.807, 2.05) is 17.0 Å². The topological polar surface area (TPSA) is 75.4 Å². The molecule has 136 valence electrons. The molecule has 1 aliphatic heterocycles. The third kappa shape index (κ3) is 3.47. The normalized spacial score (nSPS) is 20.4. The van der Waals surface area contributed by atoms with E-state index in [9.17, 15) is 4.79 Å². The first-order chi connectivity index (χ1) is 12.7. The van der Waals surface area contributed by atoms with Gasteiger partial charge in [0.25, 0.3) is 0 Å². The fraction of sp³-hybridized carbons (Fsp3) is 0.474. The molecule has 2 aromatic heterocycles. The maximum absolute atomic E-state index is 12.6. The number of piperazine rings is 1. The van der Waals surface area contributed by atoms with Gasteiger partial charge in [0.15, 0.2) is 0 Å². The number of anilines is 1. The van der Waals surface area contributed by atoms with E-state index in [-0.39, 0.29) is 5.92 Å². The lowest BCUT2D eigenvalue weighted by molar-refractivity contribution is -0.136. The Hall–Kier alpha value is -2.70. The standard InChI is InChI=1S/C19H23N5O2/c1-14-21-18(22-26-14)16-7-8-17(20-13-16)23-9-11-24(12-10-23)19(25)15-5-3-2-4-6-15/h2-3,7-8,13,15H,4-6,9-12H2,1H3. The van der Waals surface area contributed by atoms with Crippen LogP contribution in [0.25, 0.3) is 11.4 Å². The Morgan fingerprint density at radius 2 is 2.04 bits per heavy atom. The fourth-order valence-electron chi connectivity index (χ4n) is 3.55. The minimum atomic E-state index is 0.169. The Kier molecular flexibility index (Phi) is 4.69. The van der Waals surface area contributed by atoms with Crippen LogP contribution < -0.4 is 4.90 Å². The van der Waals surface area contributed by atoms with Crippen LogP contribution in [0.4, 0.5) is 5.82 Å². The first kappa shape index (κ1) is 16.8. The van der Waals surface area contributed by atoms with Crippen molar-refractivity contribution in [3.05, 3.63) is 36.4 Å². The van der Waals surface area contributed by atoms with Crippen LogP contribution in [0.3, 0.4) is 0 Å². The van der Waals surface area contributed by atoms with Crippen molar-refractivity contribution in [1.29, 1.82) is 0 Å². The average molecular weight is 353 g/mol. The van der Waals surface area contributed by atoms with Crippen molar-refractivity contribution < 1.29 is 9.32 Å². The Labute approximate surface area is 152 Å². The molecule has 7 heteroatoms. The number of carbonyl (C=O) groups excluding carboxylic acids is 1. The predicted octanol–water partition coefficient (Wildman–Crippen LogP) is 2.44. The van der Waals surface area contributed by atoms with Crippen LogP contribution in [-0.2, 0) is 4.79 Å².